The molecule has 2 rings (SSSR count). The van der Waals surface area contributed by atoms with Crippen LogP contribution < -0.4 is 14.8 Å². The lowest BCUT2D eigenvalue weighted by molar-refractivity contribution is -0.123. The largest absolute Gasteiger partial charge is 0.490 e. The van der Waals surface area contributed by atoms with Gasteiger partial charge in [0.2, 0.25) is 0 Å². The fourth-order valence-corrected chi connectivity index (χ4v) is 2.33. The van der Waals surface area contributed by atoms with Crippen molar-refractivity contribution >= 4 is 21.8 Å². The van der Waals surface area contributed by atoms with Crippen LogP contribution in [0.1, 0.15) is 12.5 Å². The smallest absolute Gasteiger partial charge is 0.258 e. The van der Waals surface area contributed by atoms with Crippen LogP contribution in [-0.2, 0) is 11.3 Å². The maximum Gasteiger partial charge on any atom is 0.258 e. The van der Waals surface area contributed by atoms with E-state index in [2.05, 4.69) is 21.2 Å². The van der Waals surface area contributed by atoms with Gasteiger partial charge in [-0.15, -0.1) is 0 Å². The normalized spacial score (nSPS) is 10.1. The zero-order chi connectivity index (χ0) is 15.8. The van der Waals surface area contributed by atoms with Crippen LogP contribution in [0.2, 0.25) is 0 Å². The van der Waals surface area contributed by atoms with E-state index < -0.39 is 0 Å². The number of para-hydroxylation sites is 2. The lowest BCUT2D eigenvalue weighted by Gasteiger charge is -2.11. The molecule has 0 unspecified atom stereocenters. The summed E-state index contributed by atoms with van der Waals surface area (Å²) in [5.41, 5.74) is 1.03. The highest BCUT2D eigenvalue weighted by atomic mass is 79.9. The zero-order valence-corrected chi connectivity index (χ0v) is 13.9. The maximum absolute atomic E-state index is 11.9. The van der Waals surface area contributed by atoms with Crippen molar-refractivity contribution < 1.29 is 14.3 Å². The predicted molar refractivity (Wildman–Crippen MR) is 89.1 cm³/mol. The minimum absolute atomic E-state index is 0.0436. The number of halogens is 1. The molecule has 0 saturated carbocycles. The lowest BCUT2D eigenvalue weighted by Crippen LogP contribution is -2.28. The first-order chi connectivity index (χ1) is 10.7. The first-order valence-corrected chi connectivity index (χ1v) is 7.84. The van der Waals surface area contributed by atoms with E-state index in [1.54, 1.807) is 6.07 Å². The molecule has 0 aliphatic carbocycles. The summed E-state index contributed by atoms with van der Waals surface area (Å²) < 4.78 is 12.0. The van der Waals surface area contributed by atoms with Crippen LogP contribution in [-0.4, -0.2) is 19.1 Å². The number of rotatable bonds is 7. The van der Waals surface area contributed by atoms with E-state index in [1.807, 2.05) is 49.4 Å². The van der Waals surface area contributed by atoms with Crippen LogP contribution in [0.5, 0.6) is 11.5 Å². The molecular formula is C17H18BrNO3. The van der Waals surface area contributed by atoms with Crippen LogP contribution in [0.4, 0.5) is 0 Å². The first-order valence-electron chi connectivity index (χ1n) is 7.05. The quantitative estimate of drug-likeness (QED) is 0.818. The topological polar surface area (TPSA) is 47.6 Å². The highest BCUT2D eigenvalue weighted by molar-refractivity contribution is 9.10. The molecule has 0 aliphatic rings. The van der Waals surface area contributed by atoms with Crippen molar-refractivity contribution in [3.63, 3.8) is 0 Å². The van der Waals surface area contributed by atoms with E-state index >= 15 is 0 Å². The summed E-state index contributed by atoms with van der Waals surface area (Å²) in [6.07, 6.45) is 0. The van der Waals surface area contributed by atoms with Crippen molar-refractivity contribution in [2.24, 2.45) is 0 Å². The van der Waals surface area contributed by atoms with Crippen molar-refractivity contribution in [3.05, 3.63) is 58.6 Å². The van der Waals surface area contributed by atoms with Gasteiger partial charge < -0.3 is 14.8 Å². The summed E-state index contributed by atoms with van der Waals surface area (Å²) in [4.78, 5) is 11.9. The predicted octanol–water partition coefficient (Wildman–Crippen LogP) is 3.54. The molecule has 0 fully saturated rings. The molecule has 116 valence electrons. The molecule has 0 saturated heterocycles. The fourth-order valence-electron chi connectivity index (χ4n) is 1.89. The summed E-state index contributed by atoms with van der Waals surface area (Å²) in [6, 6.07) is 15.1. The summed E-state index contributed by atoms with van der Waals surface area (Å²) >= 11 is 3.40. The number of amides is 1. The highest BCUT2D eigenvalue weighted by Gasteiger charge is 2.07. The van der Waals surface area contributed by atoms with Crippen molar-refractivity contribution in [1.82, 2.24) is 5.32 Å². The fraction of sp³-hybridized carbons (Fsp3) is 0.235. The van der Waals surface area contributed by atoms with Gasteiger partial charge in [-0.2, -0.15) is 0 Å². The van der Waals surface area contributed by atoms with Crippen molar-refractivity contribution in [2.45, 2.75) is 13.5 Å². The zero-order valence-electron chi connectivity index (χ0n) is 12.3. The van der Waals surface area contributed by atoms with Gasteiger partial charge in [0.1, 0.15) is 0 Å². The van der Waals surface area contributed by atoms with Gasteiger partial charge in [0.15, 0.2) is 18.1 Å². The molecule has 2 aromatic rings. The second kappa shape index (κ2) is 8.44. The van der Waals surface area contributed by atoms with Crippen LogP contribution in [0.15, 0.2) is 53.0 Å². The molecule has 5 heteroatoms. The molecule has 1 amide bonds. The second-order valence-corrected chi connectivity index (χ2v) is 5.49. The standard InChI is InChI=1S/C17H18BrNO3/c1-2-21-15-8-3-4-9-16(15)22-12-17(20)19-11-13-6-5-7-14(18)10-13/h3-10H,2,11-12H2,1H3,(H,19,20). The molecule has 0 spiro atoms. The second-order valence-electron chi connectivity index (χ2n) is 4.58. The molecule has 0 bridgehead atoms. The molecule has 0 radical (unpaired) electrons. The Bertz CT molecular complexity index is 631. The van der Waals surface area contributed by atoms with Gasteiger partial charge in [-0.3, -0.25) is 4.79 Å². The molecule has 0 aromatic heterocycles. The summed E-state index contributed by atoms with van der Waals surface area (Å²) in [5.74, 6) is 1.04. The van der Waals surface area contributed by atoms with E-state index in [1.165, 1.54) is 0 Å². The van der Waals surface area contributed by atoms with Crippen LogP contribution >= 0.6 is 15.9 Å². The third-order valence-electron chi connectivity index (χ3n) is 2.89. The number of carbonyl (C=O) groups excluding carboxylic acids is 1. The van der Waals surface area contributed by atoms with Gasteiger partial charge in [0, 0.05) is 11.0 Å². The average Bonchev–Trinajstić information content (AvgIpc) is 2.52. The number of benzene rings is 2. The monoisotopic (exact) mass is 363 g/mol. The Hall–Kier alpha value is -2.01. The average molecular weight is 364 g/mol. The first kappa shape index (κ1) is 16.4. The number of ether oxygens (including phenoxy) is 2. The van der Waals surface area contributed by atoms with Gasteiger partial charge >= 0.3 is 0 Å². The maximum atomic E-state index is 11.9. The van der Waals surface area contributed by atoms with Gasteiger partial charge in [0.05, 0.1) is 6.61 Å². The summed E-state index contributed by atoms with van der Waals surface area (Å²) in [7, 11) is 0. The lowest BCUT2D eigenvalue weighted by atomic mass is 10.2. The van der Waals surface area contributed by atoms with Crippen LogP contribution in [0.3, 0.4) is 0 Å². The molecule has 0 heterocycles. The van der Waals surface area contributed by atoms with E-state index in [0.717, 1.165) is 10.0 Å². The van der Waals surface area contributed by atoms with Crippen molar-refractivity contribution in [3.8, 4) is 11.5 Å². The minimum Gasteiger partial charge on any atom is -0.490 e. The van der Waals surface area contributed by atoms with Crippen LogP contribution in [0, 0.1) is 0 Å². The molecule has 22 heavy (non-hydrogen) atoms. The van der Waals surface area contributed by atoms with E-state index in [9.17, 15) is 4.79 Å². The Kier molecular flexibility index (Phi) is 6.27. The molecule has 0 aliphatic heterocycles. The third kappa shape index (κ3) is 5.07. The van der Waals surface area contributed by atoms with E-state index in [4.69, 9.17) is 9.47 Å². The Labute approximate surface area is 138 Å². The number of hydrogen-bond acceptors (Lipinski definition) is 3. The van der Waals surface area contributed by atoms with E-state index in [-0.39, 0.29) is 12.5 Å². The Balaban J connectivity index is 1.83. The van der Waals surface area contributed by atoms with Crippen molar-refractivity contribution in [2.75, 3.05) is 13.2 Å². The Morgan fingerprint density at radius 3 is 2.50 bits per heavy atom. The van der Waals surface area contributed by atoms with E-state index in [0.29, 0.717) is 24.7 Å². The molecule has 0 atom stereocenters. The number of carbonyl (C=O) groups is 1. The van der Waals surface area contributed by atoms with Crippen LogP contribution in [0.25, 0.3) is 0 Å². The van der Waals surface area contributed by atoms with Gasteiger partial charge in [-0.05, 0) is 36.8 Å². The molecule has 2 aromatic carbocycles. The Morgan fingerprint density at radius 1 is 1.09 bits per heavy atom. The molecule has 1 N–H and O–H groups in total. The summed E-state index contributed by atoms with van der Waals surface area (Å²) in [6.45, 7) is 2.88. The van der Waals surface area contributed by atoms with Gasteiger partial charge in [-0.1, -0.05) is 40.2 Å². The highest BCUT2D eigenvalue weighted by Crippen LogP contribution is 2.26. The van der Waals surface area contributed by atoms with Crippen molar-refractivity contribution in [1.29, 1.82) is 0 Å². The molecule has 4 nitrogen and oxygen atoms in total. The van der Waals surface area contributed by atoms with Gasteiger partial charge in [0.25, 0.3) is 5.91 Å². The summed E-state index contributed by atoms with van der Waals surface area (Å²) in [5, 5.41) is 2.82. The Morgan fingerprint density at radius 2 is 1.82 bits per heavy atom. The third-order valence-corrected chi connectivity index (χ3v) is 3.38. The number of nitrogens with one attached hydrogen (secondary N) is 1. The SMILES string of the molecule is CCOc1ccccc1OCC(=O)NCc1cccc(Br)c1. The van der Waals surface area contributed by atoms with Gasteiger partial charge in [-0.25, -0.2) is 0 Å². The number of hydrogen-bond donors (Lipinski definition) is 1. The minimum atomic E-state index is -0.175. The molecular weight excluding hydrogens is 346 g/mol.